The molecule has 0 aliphatic carbocycles. The van der Waals surface area contributed by atoms with Crippen LogP contribution in [0.4, 0.5) is 0 Å². The van der Waals surface area contributed by atoms with Gasteiger partial charge in [-0.15, -0.1) is 0 Å². The van der Waals surface area contributed by atoms with E-state index in [1.807, 2.05) is 72.7 Å². The molecule has 0 saturated carbocycles. The van der Waals surface area contributed by atoms with Gasteiger partial charge in [0, 0.05) is 22.6 Å². The van der Waals surface area contributed by atoms with E-state index in [9.17, 15) is 15.0 Å². The summed E-state index contributed by atoms with van der Waals surface area (Å²) in [6.07, 6.45) is 0. The van der Waals surface area contributed by atoms with Gasteiger partial charge in [0.2, 0.25) is 0 Å². The molecule has 0 unspecified atom stereocenters. The number of carbonyl (C=O) groups is 2. The molecule has 3 aromatic rings. The molecule has 0 spiro atoms. The number of hydrogen-bond donors (Lipinski definition) is 3. The number of ether oxygens (including phenoxy) is 2. The number of aliphatic hydroxyl groups is 1. The van der Waals surface area contributed by atoms with E-state index in [0.717, 1.165) is 0 Å². The maximum Gasteiger partial charge on any atom is 0.338 e. The van der Waals surface area contributed by atoms with E-state index in [2.05, 4.69) is 83.1 Å². The first-order valence-corrected chi connectivity index (χ1v) is 21.8. The van der Waals surface area contributed by atoms with Gasteiger partial charge in [0.05, 0.1) is 12.2 Å². The van der Waals surface area contributed by atoms with Crippen LogP contribution in [0.3, 0.4) is 0 Å². The molecule has 0 radical (unpaired) electrons. The van der Waals surface area contributed by atoms with E-state index >= 15 is 4.79 Å². The lowest BCUT2D eigenvalue weighted by molar-refractivity contribution is -0.139. The van der Waals surface area contributed by atoms with Crippen LogP contribution in [0.15, 0.2) is 36.4 Å². The third kappa shape index (κ3) is 10.8. The van der Waals surface area contributed by atoms with Crippen LogP contribution in [0.1, 0.15) is 186 Å². The number of rotatable bonds is 10. The van der Waals surface area contributed by atoms with Gasteiger partial charge in [0.15, 0.2) is 0 Å². The van der Waals surface area contributed by atoms with Crippen molar-refractivity contribution < 1.29 is 34.4 Å². The summed E-state index contributed by atoms with van der Waals surface area (Å²) in [4.78, 5) is 29.4. The molecule has 0 aliphatic heterocycles. The van der Waals surface area contributed by atoms with E-state index in [-0.39, 0.29) is 24.7 Å². The Balaban J connectivity index is 2.55. The molecule has 0 heterocycles. The highest BCUT2D eigenvalue weighted by molar-refractivity contribution is 7.99. The summed E-state index contributed by atoms with van der Waals surface area (Å²) in [5.41, 5.74) is 1.40. The maximum atomic E-state index is 15.8. The van der Waals surface area contributed by atoms with Crippen LogP contribution in [0.2, 0.25) is 0 Å². The van der Waals surface area contributed by atoms with Gasteiger partial charge in [-0.3, -0.25) is 4.79 Å². The van der Waals surface area contributed by atoms with Gasteiger partial charge in [-0.25, -0.2) is 4.79 Å². The first-order valence-electron chi connectivity index (χ1n) is 20.6. The molecule has 7 nitrogen and oxygen atoms in total. The molecule has 0 bridgehead atoms. The predicted octanol–water partition coefficient (Wildman–Crippen LogP) is 11.7. The minimum Gasteiger partial charge on any atom is -0.507 e. The summed E-state index contributed by atoms with van der Waals surface area (Å²) in [5.74, 6) is 0.932. The molecular formula is C50H74O7S. The lowest BCUT2D eigenvalue weighted by Crippen LogP contribution is -2.40. The van der Waals surface area contributed by atoms with Crippen molar-refractivity contribution in [3.63, 3.8) is 0 Å². The second-order valence-electron chi connectivity index (χ2n) is 22.2. The van der Waals surface area contributed by atoms with Crippen molar-refractivity contribution in [1.82, 2.24) is 0 Å². The van der Waals surface area contributed by atoms with Gasteiger partial charge in [-0.05, 0) is 84.9 Å². The summed E-state index contributed by atoms with van der Waals surface area (Å²) in [6.45, 7) is 38.9. The topological polar surface area (TPSA) is 113 Å². The Labute approximate surface area is 354 Å². The van der Waals surface area contributed by atoms with Crippen molar-refractivity contribution in [1.29, 1.82) is 0 Å². The molecule has 3 N–H and O–H groups in total. The van der Waals surface area contributed by atoms with Crippen LogP contribution in [0, 0.1) is 0 Å². The molecule has 0 aromatic heterocycles. The molecule has 3 aromatic carbocycles. The minimum atomic E-state index is -1.46. The van der Waals surface area contributed by atoms with Gasteiger partial charge >= 0.3 is 11.9 Å². The molecule has 0 fully saturated rings. The monoisotopic (exact) mass is 819 g/mol. The Morgan fingerprint density at radius 1 is 0.517 bits per heavy atom. The van der Waals surface area contributed by atoms with Crippen LogP contribution >= 0.6 is 11.8 Å². The average molecular weight is 819 g/mol. The molecule has 0 atom stereocenters. The molecule has 8 heteroatoms. The highest BCUT2D eigenvalue weighted by atomic mass is 32.2. The quantitative estimate of drug-likeness (QED) is 0.105. The highest BCUT2D eigenvalue weighted by Gasteiger charge is 2.45. The zero-order valence-electron chi connectivity index (χ0n) is 39.2. The molecular weight excluding hydrogens is 745 g/mol. The smallest absolute Gasteiger partial charge is 0.338 e. The number of phenols is 2. The predicted molar refractivity (Wildman–Crippen MR) is 242 cm³/mol. The summed E-state index contributed by atoms with van der Waals surface area (Å²) in [7, 11) is 0. The Hall–Kier alpha value is -3.49. The highest BCUT2D eigenvalue weighted by Crippen LogP contribution is 2.49. The lowest BCUT2D eigenvalue weighted by atomic mass is 9.68. The van der Waals surface area contributed by atoms with Crippen LogP contribution in [0.5, 0.6) is 17.2 Å². The van der Waals surface area contributed by atoms with Gasteiger partial charge in [-0.1, -0.05) is 149 Å². The van der Waals surface area contributed by atoms with Crippen molar-refractivity contribution in [2.24, 2.45) is 0 Å². The fraction of sp³-hybridized carbons (Fsp3) is 0.600. The third-order valence-electron chi connectivity index (χ3n) is 10.8. The molecule has 322 valence electrons. The molecule has 58 heavy (non-hydrogen) atoms. The van der Waals surface area contributed by atoms with Crippen LogP contribution in [0.25, 0.3) is 0 Å². The number of hydrogen-bond acceptors (Lipinski definition) is 8. The Kier molecular flexibility index (Phi) is 14.2. The van der Waals surface area contributed by atoms with E-state index in [4.69, 9.17) is 14.6 Å². The summed E-state index contributed by atoms with van der Waals surface area (Å²) in [5, 5.41) is 32.8. The van der Waals surface area contributed by atoms with Crippen molar-refractivity contribution in [3.05, 3.63) is 86.5 Å². The zero-order valence-corrected chi connectivity index (χ0v) is 40.0. The number of benzene rings is 3. The summed E-state index contributed by atoms with van der Waals surface area (Å²) >= 11 is 1.51. The zero-order chi connectivity index (χ0) is 44.8. The standard InChI is InChI=1S/C50H74O7S/c1-44(2,3)33-26-31(27-34(39(33)52)45(4,5)6)50(19,32-28-35(46(7,8)9)40(53)36(29-32)47(10,11)12)43(55)57-41-37(48(13,14)15)24-30(25-38(41)49(16,17)18)42(54)56-21-23-58-22-20-51/h24-29,51-53H,20-23H2,1-19H3. The second kappa shape index (κ2) is 16.9. The molecule has 0 amide bonds. The van der Waals surface area contributed by atoms with Crippen LogP contribution in [-0.2, 0) is 47.4 Å². The lowest BCUT2D eigenvalue weighted by Gasteiger charge is -2.37. The number of aliphatic hydroxyl groups excluding tert-OH is 1. The molecule has 0 saturated heterocycles. The van der Waals surface area contributed by atoms with Crippen LogP contribution in [-0.4, -0.2) is 52.0 Å². The molecule has 3 rings (SSSR count). The van der Waals surface area contributed by atoms with Crippen LogP contribution < -0.4 is 4.74 Å². The first kappa shape index (κ1) is 48.9. The fourth-order valence-electron chi connectivity index (χ4n) is 7.14. The number of aromatic hydroxyl groups is 2. The number of carbonyl (C=O) groups excluding carboxylic acids is 2. The number of thioether (sulfide) groups is 1. The summed E-state index contributed by atoms with van der Waals surface area (Å²) < 4.78 is 12.6. The Bertz CT molecular complexity index is 1790. The average Bonchev–Trinajstić information content (AvgIpc) is 3.04. The van der Waals surface area contributed by atoms with Gasteiger partial charge in [0.1, 0.15) is 29.3 Å². The fourth-order valence-corrected chi connectivity index (χ4v) is 7.68. The number of esters is 2. The van der Waals surface area contributed by atoms with E-state index in [0.29, 0.717) is 67.3 Å². The van der Waals surface area contributed by atoms with Crippen molar-refractivity contribution in [2.45, 2.75) is 169 Å². The largest absolute Gasteiger partial charge is 0.507 e. The van der Waals surface area contributed by atoms with Crippen molar-refractivity contribution >= 4 is 23.7 Å². The van der Waals surface area contributed by atoms with Gasteiger partial charge < -0.3 is 24.8 Å². The van der Waals surface area contributed by atoms with E-state index in [1.165, 1.54) is 11.8 Å². The van der Waals surface area contributed by atoms with E-state index < -0.39 is 49.8 Å². The SMILES string of the molecule is CC(C)(C)c1cc(C(C)(C(=O)Oc2c(C(C)(C)C)cc(C(=O)OCCSCCO)cc2C(C)(C)C)c2cc(C(C)(C)C)c(O)c(C(C)(C)C)c2)cc(C(C)(C)C)c1O. The Morgan fingerprint density at radius 3 is 1.14 bits per heavy atom. The first-order chi connectivity index (χ1) is 26.1. The van der Waals surface area contributed by atoms with Gasteiger partial charge in [-0.2, -0.15) is 11.8 Å². The summed E-state index contributed by atoms with van der Waals surface area (Å²) in [6, 6.07) is 11.3. The molecule has 0 aliphatic rings. The Morgan fingerprint density at radius 2 is 0.845 bits per heavy atom. The maximum absolute atomic E-state index is 15.8. The second-order valence-corrected chi connectivity index (χ2v) is 23.5. The normalized spacial score (nSPS) is 13.4. The van der Waals surface area contributed by atoms with E-state index in [1.54, 1.807) is 12.1 Å². The van der Waals surface area contributed by atoms with Crippen molar-refractivity contribution in [2.75, 3.05) is 24.7 Å². The third-order valence-corrected chi connectivity index (χ3v) is 11.8. The number of phenolic OH excluding ortho intramolecular Hbond substituents is 2. The minimum absolute atomic E-state index is 0.0617. The van der Waals surface area contributed by atoms with Crippen molar-refractivity contribution in [3.8, 4) is 17.2 Å². The van der Waals surface area contributed by atoms with Gasteiger partial charge in [0.25, 0.3) is 0 Å².